The molecule has 6 heteroatoms. The number of rotatable bonds is 2. The first-order valence-electron chi connectivity index (χ1n) is 7.38. The second-order valence-electron chi connectivity index (χ2n) is 5.61. The number of carbonyl (C=O) groups is 2. The monoisotopic (exact) mass is 307 g/mol. The van der Waals surface area contributed by atoms with Gasteiger partial charge in [0.2, 0.25) is 0 Å². The van der Waals surface area contributed by atoms with Crippen molar-refractivity contribution in [2.24, 2.45) is 5.92 Å². The number of aromatic hydroxyl groups is 1. The average molecular weight is 307 g/mol. The van der Waals surface area contributed by atoms with Gasteiger partial charge in [-0.05, 0) is 44.0 Å². The summed E-state index contributed by atoms with van der Waals surface area (Å²) in [6.45, 7) is 4.85. The minimum atomic E-state index is -1.11. The number of fused-ring (bicyclic) bond motifs is 3. The quantitative estimate of drug-likeness (QED) is 0.809. The third kappa shape index (κ3) is 4.21. The third-order valence-corrected chi connectivity index (χ3v) is 4.05. The topological polar surface area (TPSA) is 87.1 Å². The maximum absolute atomic E-state index is 10.7. The van der Waals surface area contributed by atoms with Crippen molar-refractivity contribution in [3.8, 4) is 5.75 Å². The van der Waals surface area contributed by atoms with Gasteiger partial charge in [0.1, 0.15) is 17.4 Å². The van der Waals surface area contributed by atoms with Crippen molar-refractivity contribution in [3.63, 3.8) is 0 Å². The Morgan fingerprint density at radius 3 is 2.27 bits per heavy atom. The fourth-order valence-electron chi connectivity index (χ4n) is 2.91. The van der Waals surface area contributed by atoms with Crippen LogP contribution in [-0.4, -0.2) is 52.8 Å². The lowest BCUT2D eigenvalue weighted by Crippen LogP contribution is -2.51. The van der Waals surface area contributed by atoms with Crippen LogP contribution in [0, 0.1) is 5.92 Å². The fourth-order valence-corrected chi connectivity index (χ4v) is 2.91. The number of esters is 1. The minimum absolute atomic E-state index is 0.0671. The Morgan fingerprint density at radius 1 is 1.23 bits per heavy atom. The normalized spacial score (nSPS) is 25.8. The van der Waals surface area contributed by atoms with Crippen LogP contribution in [0.1, 0.15) is 30.1 Å². The van der Waals surface area contributed by atoms with Gasteiger partial charge in [-0.3, -0.25) is 9.69 Å². The highest BCUT2D eigenvalue weighted by molar-refractivity contribution is 5.90. The molecule has 120 valence electrons. The Balaban J connectivity index is 0.000000164. The second-order valence-corrected chi connectivity index (χ2v) is 5.61. The van der Waals surface area contributed by atoms with Gasteiger partial charge < -0.3 is 14.9 Å². The molecule has 1 aromatic rings. The van der Waals surface area contributed by atoms with Crippen molar-refractivity contribution in [2.75, 3.05) is 19.6 Å². The van der Waals surface area contributed by atoms with Crippen molar-refractivity contribution in [3.05, 3.63) is 29.8 Å². The summed E-state index contributed by atoms with van der Waals surface area (Å²) < 4.78 is 5.24. The zero-order valence-corrected chi connectivity index (χ0v) is 12.6. The molecule has 1 atom stereocenters. The number of aromatic carboxylic acids is 1. The summed E-state index contributed by atoms with van der Waals surface area (Å²) in [5.74, 6) is -0.805. The number of ether oxygens (including phenoxy) is 1. The number of carboxylic acid groups (broad SMARTS) is 1. The number of carboxylic acids is 1. The molecule has 3 fully saturated rings. The molecule has 3 heterocycles. The van der Waals surface area contributed by atoms with Crippen LogP contribution in [0.25, 0.3) is 0 Å². The molecular weight excluding hydrogens is 286 g/mol. The van der Waals surface area contributed by atoms with Crippen LogP contribution in [0.4, 0.5) is 0 Å². The number of piperidine rings is 3. The van der Waals surface area contributed by atoms with E-state index in [-0.39, 0.29) is 23.4 Å². The molecule has 3 aliphatic heterocycles. The van der Waals surface area contributed by atoms with Crippen LogP contribution in [-0.2, 0) is 9.53 Å². The predicted molar refractivity (Wildman–Crippen MR) is 79.8 cm³/mol. The van der Waals surface area contributed by atoms with E-state index in [1.54, 1.807) is 12.1 Å². The molecule has 22 heavy (non-hydrogen) atoms. The van der Waals surface area contributed by atoms with E-state index >= 15 is 0 Å². The van der Waals surface area contributed by atoms with Gasteiger partial charge in [0.05, 0.1) is 0 Å². The van der Waals surface area contributed by atoms with Crippen LogP contribution in [0.15, 0.2) is 24.3 Å². The SMILES string of the molecule is CC(=O)O[C@@H]1CN2CCC1CC2.O=C(O)c1ccccc1O. The van der Waals surface area contributed by atoms with E-state index in [1.165, 1.54) is 45.0 Å². The molecule has 2 N–H and O–H groups in total. The Labute approximate surface area is 129 Å². The summed E-state index contributed by atoms with van der Waals surface area (Å²) in [6.07, 6.45) is 2.60. The molecule has 0 saturated carbocycles. The van der Waals surface area contributed by atoms with Gasteiger partial charge in [0.15, 0.2) is 0 Å². The van der Waals surface area contributed by atoms with E-state index in [9.17, 15) is 9.59 Å². The number of carbonyl (C=O) groups excluding carboxylic acids is 1. The van der Waals surface area contributed by atoms with Crippen LogP contribution in [0.3, 0.4) is 0 Å². The highest BCUT2D eigenvalue weighted by Crippen LogP contribution is 2.29. The first kappa shape index (κ1) is 16.3. The van der Waals surface area contributed by atoms with Crippen LogP contribution >= 0.6 is 0 Å². The highest BCUT2D eigenvalue weighted by atomic mass is 16.5. The number of benzene rings is 1. The molecule has 3 saturated heterocycles. The van der Waals surface area contributed by atoms with Gasteiger partial charge in [-0.15, -0.1) is 0 Å². The molecule has 0 amide bonds. The van der Waals surface area contributed by atoms with E-state index < -0.39 is 5.97 Å². The highest BCUT2D eigenvalue weighted by Gasteiger charge is 2.35. The summed E-state index contributed by atoms with van der Waals surface area (Å²) in [6, 6.07) is 5.81. The zero-order chi connectivity index (χ0) is 16.1. The summed E-state index contributed by atoms with van der Waals surface area (Å²) in [4.78, 5) is 23.4. The average Bonchev–Trinajstić information content (AvgIpc) is 2.48. The Morgan fingerprint density at radius 2 is 1.86 bits per heavy atom. The largest absolute Gasteiger partial charge is 0.507 e. The Kier molecular flexibility index (Phi) is 5.38. The minimum Gasteiger partial charge on any atom is -0.507 e. The van der Waals surface area contributed by atoms with E-state index in [4.69, 9.17) is 14.9 Å². The summed E-state index contributed by atoms with van der Waals surface area (Å²) in [5.41, 5.74) is -0.0671. The van der Waals surface area contributed by atoms with Crippen LogP contribution < -0.4 is 0 Å². The smallest absolute Gasteiger partial charge is 0.339 e. The molecule has 0 aliphatic carbocycles. The van der Waals surface area contributed by atoms with Crippen LogP contribution in [0.5, 0.6) is 5.75 Å². The molecule has 0 spiro atoms. The van der Waals surface area contributed by atoms with Crippen molar-refractivity contribution < 1.29 is 24.5 Å². The summed E-state index contributed by atoms with van der Waals surface area (Å²) in [5, 5.41) is 17.3. The number of nitrogens with zero attached hydrogens (tertiary/aromatic N) is 1. The van der Waals surface area contributed by atoms with E-state index in [2.05, 4.69) is 4.90 Å². The van der Waals surface area contributed by atoms with Gasteiger partial charge in [-0.25, -0.2) is 4.79 Å². The lowest BCUT2D eigenvalue weighted by atomic mass is 9.86. The molecule has 4 rings (SSSR count). The maximum atomic E-state index is 10.7. The van der Waals surface area contributed by atoms with Crippen molar-refractivity contribution >= 4 is 11.9 Å². The summed E-state index contributed by atoms with van der Waals surface area (Å²) >= 11 is 0. The Bertz CT molecular complexity index is 537. The predicted octanol–water partition coefficient (Wildman–Crippen LogP) is 1.73. The zero-order valence-electron chi connectivity index (χ0n) is 12.6. The first-order valence-corrected chi connectivity index (χ1v) is 7.38. The van der Waals surface area contributed by atoms with E-state index in [0.29, 0.717) is 5.92 Å². The van der Waals surface area contributed by atoms with Gasteiger partial charge >= 0.3 is 11.9 Å². The molecular formula is C16H21NO5. The molecule has 2 bridgehead atoms. The molecule has 1 aromatic carbocycles. The number of para-hydroxylation sites is 1. The fraction of sp³-hybridized carbons (Fsp3) is 0.500. The van der Waals surface area contributed by atoms with Crippen molar-refractivity contribution in [2.45, 2.75) is 25.9 Å². The van der Waals surface area contributed by atoms with Gasteiger partial charge in [0.25, 0.3) is 0 Å². The number of hydrogen-bond donors (Lipinski definition) is 2. The Hall–Kier alpha value is -2.08. The summed E-state index contributed by atoms with van der Waals surface area (Å²) in [7, 11) is 0. The van der Waals surface area contributed by atoms with Gasteiger partial charge in [0, 0.05) is 13.5 Å². The van der Waals surface area contributed by atoms with Crippen LogP contribution in [0.2, 0.25) is 0 Å². The van der Waals surface area contributed by atoms with E-state index in [0.717, 1.165) is 6.54 Å². The first-order chi connectivity index (χ1) is 10.5. The number of phenols is 1. The molecule has 0 unspecified atom stereocenters. The number of hydrogen-bond acceptors (Lipinski definition) is 5. The van der Waals surface area contributed by atoms with Gasteiger partial charge in [-0.2, -0.15) is 0 Å². The van der Waals surface area contributed by atoms with Gasteiger partial charge in [-0.1, -0.05) is 12.1 Å². The second kappa shape index (κ2) is 7.26. The molecule has 6 nitrogen and oxygen atoms in total. The molecule has 0 aromatic heterocycles. The lowest BCUT2D eigenvalue weighted by molar-refractivity contribution is -0.156. The van der Waals surface area contributed by atoms with E-state index in [1.807, 2.05) is 0 Å². The standard InChI is InChI=1S/C9H15NO2.C7H6O3/c1-7(11)12-9-6-10-4-2-8(9)3-5-10;8-6-4-2-1-3-5(6)7(9)10/h8-9H,2-6H2,1H3;1-4,8H,(H,9,10)/t9-;/m1./s1. The van der Waals surface area contributed by atoms with Crippen molar-refractivity contribution in [1.82, 2.24) is 4.90 Å². The molecule has 0 radical (unpaired) electrons. The lowest BCUT2D eigenvalue weighted by Gasteiger charge is -2.43. The molecule has 3 aliphatic rings. The van der Waals surface area contributed by atoms with Crippen molar-refractivity contribution in [1.29, 1.82) is 0 Å². The maximum Gasteiger partial charge on any atom is 0.339 e. The third-order valence-electron chi connectivity index (χ3n) is 4.05.